The van der Waals surface area contributed by atoms with Gasteiger partial charge in [-0.1, -0.05) is 109 Å². The molecule has 312 valence electrons. The monoisotopic (exact) mass is 824 g/mol. The molecule has 0 unspecified atom stereocenters. The molecule has 3 N–H and O–H groups in total. The number of aromatic nitrogens is 4. The van der Waals surface area contributed by atoms with Crippen LogP contribution in [-0.4, -0.2) is 45.9 Å². The van der Waals surface area contributed by atoms with E-state index in [1.807, 2.05) is 64.1 Å². The lowest BCUT2D eigenvalue weighted by Gasteiger charge is -2.33. The Morgan fingerprint density at radius 3 is 1.53 bits per heavy atom. The van der Waals surface area contributed by atoms with Gasteiger partial charge in [-0.2, -0.15) is 0 Å². The quantitative estimate of drug-likeness (QED) is 0.144. The molecule has 2 aliphatic rings. The minimum atomic E-state index is -3.42. The summed E-state index contributed by atoms with van der Waals surface area (Å²) >= 11 is 0. The fourth-order valence-electron chi connectivity index (χ4n) is 8.76. The molecule has 0 bridgehead atoms. The van der Waals surface area contributed by atoms with Crippen molar-refractivity contribution in [3.05, 3.63) is 176 Å². The zero-order valence-corrected chi connectivity index (χ0v) is 36.0. The van der Waals surface area contributed by atoms with E-state index in [-0.39, 0.29) is 47.1 Å². The first-order valence-corrected chi connectivity index (χ1v) is 22.9. The van der Waals surface area contributed by atoms with E-state index in [4.69, 9.17) is 5.73 Å². The molecule has 2 aromatic heterocycles. The van der Waals surface area contributed by atoms with Gasteiger partial charge in [0.05, 0.1) is 30.3 Å². The van der Waals surface area contributed by atoms with Crippen LogP contribution in [0.1, 0.15) is 98.1 Å². The van der Waals surface area contributed by atoms with Crippen molar-refractivity contribution in [2.75, 3.05) is 6.26 Å². The number of nitrogens with zero attached hydrogens (tertiary/aromatic N) is 4. The lowest BCUT2D eigenvalue weighted by molar-refractivity contribution is 0.413. The van der Waals surface area contributed by atoms with Crippen LogP contribution in [0.5, 0.6) is 0 Å². The summed E-state index contributed by atoms with van der Waals surface area (Å²) in [4.78, 5) is 35.7. The van der Waals surface area contributed by atoms with Crippen LogP contribution in [0.4, 0.5) is 0 Å². The van der Waals surface area contributed by atoms with Gasteiger partial charge < -0.3 is 5.73 Å². The minimum Gasteiger partial charge on any atom is -0.327 e. The summed E-state index contributed by atoms with van der Waals surface area (Å²) < 4.78 is 30.3. The Morgan fingerprint density at radius 2 is 1.07 bits per heavy atom. The zero-order chi connectivity index (χ0) is 42.6. The SMILES string of the molecule is CC(C)n1cnc2c(c1=O)[C@@H](Cc1cccc(-c3ccccc3)c1)[C@@H](N)CC2.CC(C)n1cnc2c(c1=O)[C@@H](Cc1cccc(-c3ccccc3)c1)[C@@H](NS(C)(=O)=O)CC2. The van der Waals surface area contributed by atoms with Crippen LogP contribution in [0.2, 0.25) is 0 Å². The Morgan fingerprint density at radius 1 is 0.633 bits per heavy atom. The summed E-state index contributed by atoms with van der Waals surface area (Å²) in [5.41, 5.74) is 16.5. The first-order valence-electron chi connectivity index (χ1n) is 21.0. The molecule has 2 heterocycles. The molecule has 0 spiro atoms. The standard InChI is InChI=1S/C25H29N3O3S.C24H27N3O/c1-17(2)28-16-26-23-13-12-22(27-32(3,30)31)21(24(23)25(28)29)15-18-8-7-11-20(14-18)19-9-5-4-6-10-19;1-16(2)27-15-26-22-12-11-21(25)20(23(22)24(27)28)14-17-7-6-10-19(13-17)18-8-4-3-5-9-18/h4-11,14,16-17,21-22,27H,12-13,15H2,1-3H3;3-10,13,15-16,20-21H,11-12,14,25H2,1-2H3/t21-,22-;20-,21-/m00/s1. The molecular weight excluding hydrogens is 769 g/mol. The zero-order valence-electron chi connectivity index (χ0n) is 35.2. The summed E-state index contributed by atoms with van der Waals surface area (Å²) in [5, 5.41) is 0. The maximum atomic E-state index is 13.4. The van der Waals surface area contributed by atoms with Crippen LogP contribution in [0.25, 0.3) is 22.3 Å². The number of hydrogen-bond donors (Lipinski definition) is 2. The highest BCUT2D eigenvalue weighted by atomic mass is 32.2. The lowest BCUT2D eigenvalue weighted by atomic mass is 9.78. The van der Waals surface area contributed by atoms with Gasteiger partial charge in [-0.25, -0.2) is 23.1 Å². The van der Waals surface area contributed by atoms with Gasteiger partial charge in [0.1, 0.15) is 0 Å². The first-order chi connectivity index (χ1) is 28.8. The molecule has 6 aromatic rings. The van der Waals surface area contributed by atoms with E-state index in [1.165, 1.54) is 22.9 Å². The van der Waals surface area contributed by atoms with Crippen LogP contribution >= 0.6 is 0 Å². The number of nitrogens with two attached hydrogens (primary N) is 1. The normalized spacial score (nSPS) is 18.7. The van der Waals surface area contributed by atoms with Gasteiger partial charge in [-0.3, -0.25) is 18.7 Å². The van der Waals surface area contributed by atoms with Gasteiger partial charge in [0.15, 0.2) is 0 Å². The van der Waals surface area contributed by atoms with Gasteiger partial charge in [-0.05, 0) is 99.6 Å². The number of rotatable bonds is 10. The number of aryl methyl sites for hydroxylation is 2. The molecule has 2 aliphatic carbocycles. The summed E-state index contributed by atoms with van der Waals surface area (Å²) in [6.07, 6.45) is 8.63. The van der Waals surface area contributed by atoms with Crippen molar-refractivity contribution >= 4 is 10.0 Å². The minimum absolute atomic E-state index is 0.000901. The van der Waals surface area contributed by atoms with Gasteiger partial charge in [0.25, 0.3) is 11.1 Å². The number of sulfonamides is 1. The van der Waals surface area contributed by atoms with Crippen LogP contribution in [0.3, 0.4) is 0 Å². The van der Waals surface area contributed by atoms with E-state index in [0.717, 1.165) is 52.9 Å². The molecule has 8 rings (SSSR count). The van der Waals surface area contributed by atoms with Crippen molar-refractivity contribution in [3.8, 4) is 22.3 Å². The number of hydrogen-bond acceptors (Lipinski definition) is 7. The number of nitrogens with one attached hydrogen (secondary N) is 1. The van der Waals surface area contributed by atoms with Crippen molar-refractivity contribution in [1.29, 1.82) is 0 Å². The Labute approximate surface area is 353 Å². The molecule has 0 saturated heterocycles. The van der Waals surface area contributed by atoms with Gasteiger partial charge >= 0.3 is 0 Å². The van der Waals surface area contributed by atoms with E-state index < -0.39 is 10.0 Å². The predicted molar refractivity (Wildman–Crippen MR) is 241 cm³/mol. The van der Waals surface area contributed by atoms with Crippen LogP contribution < -0.4 is 21.6 Å². The average molecular weight is 825 g/mol. The first kappa shape index (κ1) is 42.6. The van der Waals surface area contributed by atoms with Gasteiger partial charge in [0, 0.05) is 47.1 Å². The van der Waals surface area contributed by atoms with E-state index >= 15 is 0 Å². The number of fused-ring (bicyclic) bond motifs is 2. The van der Waals surface area contributed by atoms with Crippen LogP contribution in [0, 0.1) is 0 Å². The molecule has 0 fully saturated rings. The highest BCUT2D eigenvalue weighted by Gasteiger charge is 2.35. The topological polar surface area (TPSA) is 142 Å². The predicted octanol–water partition coefficient (Wildman–Crippen LogP) is 7.77. The average Bonchev–Trinajstić information content (AvgIpc) is 3.23. The maximum absolute atomic E-state index is 13.4. The molecule has 11 heteroatoms. The maximum Gasteiger partial charge on any atom is 0.257 e. The van der Waals surface area contributed by atoms with Crippen molar-refractivity contribution in [3.63, 3.8) is 0 Å². The number of benzene rings is 4. The van der Waals surface area contributed by atoms with Gasteiger partial charge in [0.2, 0.25) is 10.0 Å². The molecule has 0 saturated carbocycles. The van der Waals surface area contributed by atoms with E-state index in [0.29, 0.717) is 24.8 Å². The summed E-state index contributed by atoms with van der Waals surface area (Å²) in [6.45, 7) is 7.92. The van der Waals surface area contributed by atoms with E-state index in [1.54, 1.807) is 21.8 Å². The van der Waals surface area contributed by atoms with E-state index in [2.05, 4.69) is 87.5 Å². The molecular formula is C49H56N6O4S. The third-order valence-electron chi connectivity index (χ3n) is 11.8. The van der Waals surface area contributed by atoms with Crippen molar-refractivity contribution < 1.29 is 8.42 Å². The molecule has 10 nitrogen and oxygen atoms in total. The molecule has 0 radical (unpaired) electrons. The largest absolute Gasteiger partial charge is 0.327 e. The van der Waals surface area contributed by atoms with Crippen molar-refractivity contribution in [2.24, 2.45) is 5.73 Å². The lowest BCUT2D eigenvalue weighted by Crippen LogP contribution is -2.45. The van der Waals surface area contributed by atoms with Crippen molar-refractivity contribution in [2.45, 2.75) is 102 Å². The Kier molecular flexibility index (Phi) is 13.1. The van der Waals surface area contributed by atoms with Crippen LogP contribution in [0.15, 0.2) is 131 Å². The van der Waals surface area contributed by atoms with E-state index in [9.17, 15) is 18.0 Å². The van der Waals surface area contributed by atoms with Gasteiger partial charge in [-0.15, -0.1) is 0 Å². The fourth-order valence-corrected chi connectivity index (χ4v) is 9.60. The molecule has 0 aliphatic heterocycles. The summed E-state index contributed by atoms with van der Waals surface area (Å²) in [6, 6.07) is 37.0. The molecule has 4 aromatic carbocycles. The molecule has 0 amide bonds. The van der Waals surface area contributed by atoms with Crippen LogP contribution in [-0.2, 0) is 35.7 Å². The Bertz CT molecular complexity index is 2660. The smallest absolute Gasteiger partial charge is 0.257 e. The molecule has 4 atom stereocenters. The third kappa shape index (κ3) is 9.75. The second kappa shape index (κ2) is 18.4. The third-order valence-corrected chi connectivity index (χ3v) is 12.6. The van der Waals surface area contributed by atoms with Crippen molar-refractivity contribution in [1.82, 2.24) is 23.8 Å². The molecule has 60 heavy (non-hydrogen) atoms. The second-order valence-corrected chi connectivity index (χ2v) is 18.6. The second-order valence-electron chi connectivity index (χ2n) is 16.8. The Balaban J connectivity index is 0.000000183. The summed E-state index contributed by atoms with van der Waals surface area (Å²) in [7, 11) is -3.42. The Hall–Kier alpha value is -5.49. The fraction of sp³-hybridized carbons (Fsp3) is 0.347. The highest BCUT2D eigenvalue weighted by Crippen LogP contribution is 2.34. The summed E-state index contributed by atoms with van der Waals surface area (Å²) in [5.74, 6) is -0.285. The highest BCUT2D eigenvalue weighted by molar-refractivity contribution is 7.88.